The van der Waals surface area contributed by atoms with Gasteiger partial charge in [0.05, 0.1) is 18.9 Å². The van der Waals surface area contributed by atoms with Crippen molar-refractivity contribution in [2.24, 2.45) is 5.41 Å². The molecule has 0 saturated carbocycles. The number of hydrogen-bond acceptors (Lipinski definition) is 4. The van der Waals surface area contributed by atoms with Gasteiger partial charge < -0.3 is 15.1 Å². The van der Waals surface area contributed by atoms with E-state index in [4.69, 9.17) is 0 Å². The molecule has 1 rings (SSSR count). The minimum Gasteiger partial charge on any atom is -0.396 e. The first kappa shape index (κ1) is 16.1. The van der Waals surface area contributed by atoms with Crippen LogP contribution in [0.5, 0.6) is 0 Å². The van der Waals surface area contributed by atoms with Crippen LogP contribution in [0.2, 0.25) is 0 Å². The quantitative estimate of drug-likeness (QED) is 0.668. The lowest BCUT2D eigenvalue weighted by Gasteiger charge is -2.25. The first-order valence-corrected chi connectivity index (χ1v) is 6.90. The summed E-state index contributed by atoms with van der Waals surface area (Å²) < 4.78 is 0. The number of aliphatic hydroxyl groups excluding tert-OH is 2. The van der Waals surface area contributed by atoms with Crippen molar-refractivity contribution in [1.29, 1.82) is 0 Å². The van der Waals surface area contributed by atoms with Gasteiger partial charge in [-0.1, -0.05) is 19.4 Å². The summed E-state index contributed by atoms with van der Waals surface area (Å²) in [6.07, 6.45) is 4.76. The van der Waals surface area contributed by atoms with Crippen molar-refractivity contribution < 1.29 is 10.2 Å². The molecule has 0 saturated heterocycles. The second kappa shape index (κ2) is 8.25. The third-order valence-electron chi connectivity index (χ3n) is 3.49. The van der Waals surface area contributed by atoms with Crippen molar-refractivity contribution in [3.63, 3.8) is 0 Å². The second-order valence-electron chi connectivity index (χ2n) is 5.64. The van der Waals surface area contributed by atoms with Crippen LogP contribution in [0.15, 0.2) is 24.4 Å². The van der Waals surface area contributed by atoms with E-state index in [9.17, 15) is 10.2 Å². The summed E-state index contributed by atoms with van der Waals surface area (Å²) >= 11 is 0. The van der Waals surface area contributed by atoms with Crippen LogP contribution in [-0.2, 0) is 6.54 Å². The topological polar surface area (TPSA) is 56.6 Å². The minimum atomic E-state index is -0.334. The summed E-state index contributed by atoms with van der Waals surface area (Å²) in [5, 5.41) is 18.4. The van der Waals surface area contributed by atoms with Gasteiger partial charge in [0.1, 0.15) is 0 Å². The SMILES string of the molecule is CN(CCCCC(C)(CO)CO)Cc1ccccn1. The Bertz CT molecular complexity index is 339. The van der Waals surface area contributed by atoms with Gasteiger partial charge in [-0.05, 0) is 38.6 Å². The van der Waals surface area contributed by atoms with Crippen LogP contribution in [0.4, 0.5) is 0 Å². The Balaban J connectivity index is 2.19. The Morgan fingerprint density at radius 3 is 2.53 bits per heavy atom. The summed E-state index contributed by atoms with van der Waals surface area (Å²) in [7, 11) is 2.09. The Hall–Kier alpha value is -0.970. The molecule has 19 heavy (non-hydrogen) atoms. The first-order valence-electron chi connectivity index (χ1n) is 6.90. The van der Waals surface area contributed by atoms with Crippen molar-refractivity contribution in [3.8, 4) is 0 Å². The van der Waals surface area contributed by atoms with Crippen LogP contribution in [0.3, 0.4) is 0 Å². The van der Waals surface area contributed by atoms with Gasteiger partial charge in [0.25, 0.3) is 0 Å². The van der Waals surface area contributed by atoms with E-state index in [1.54, 1.807) is 0 Å². The van der Waals surface area contributed by atoms with Gasteiger partial charge in [0, 0.05) is 18.2 Å². The molecule has 1 heterocycles. The highest BCUT2D eigenvalue weighted by atomic mass is 16.3. The summed E-state index contributed by atoms with van der Waals surface area (Å²) in [6, 6.07) is 5.96. The van der Waals surface area contributed by atoms with Crippen molar-refractivity contribution >= 4 is 0 Å². The molecular formula is C15H26N2O2. The van der Waals surface area contributed by atoms with Gasteiger partial charge >= 0.3 is 0 Å². The Labute approximate surface area is 116 Å². The predicted molar refractivity (Wildman–Crippen MR) is 76.7 cm³/mol. The van der Waals surface area contributed by atoms with Crippen molar-refractivity contribution in [2.45, 2.75) is 32.7 Å². The van der Waals surface area contributed by atoms with E-state index < -0.39 is 0 Å². The molecule has 0 fully saturated rings. The van der Waals surface area contributed by atoms with Crippen LogP contribution in [0.25, 0.3) is 0 Å². The zero-order chi connectivity index (χ0) is 14.1. The fourth-order valence-electron chi connectivity index (χ4n) is 1.99. The van der Waals surface area contributed by atoms with Gasteiger partial charge in [-0.25, -0.2) is 0 Å². The Kier molecular flexibility index (Phi) is 6.99. The Morgan fingerprint density at radius 1 is 1.21 bits per heavy atom. The summed E-state index contributed by atoms with van der Waals surface area (Å²) in [5.41, 5.74) is 0.750. The van der Waals surface area contributed by atoms with Crippen LogP contribution in [0.1, 0.15) is 31.9 Å². The lowest BCUT2D eigenvalue weighted by atomic mass is 9.87. The highest BCUT2D eigenvalue weighted by Gasteiger charge is 2.21. The standard InChI is InChI=1S/C15H26N2O2/c1-15(12-18,13-19)8-4-6-10-17(2)11-14-7-3-5-9-16-14/h3,5,7,9,18-19H,4,6,8,10-13H2,1-2H3. The van der Waals surface area contributed by atoms with Gasteiger partial charge in [-0.15, -0.1) is 0 Å². The van der Waals surface area contributed by atoms with E-state index in [2.05, 4.69) is 16.9 Å². The van der Waals surface area contributed by atoms with Crippen molar-refractivity contribution in [3.05, 3.63) is 30.1 Å². The van der Waals surface area contributed by atoms with E-state index in [0.717, 1.165) is 38.0 Å². The summed E-state index contributed by atoms with van der Waals surface area (Å²) in [6.45, 7) is 3.88. The third-order valence-corrected chi connectivity index (χ3v) is 3.49. The van der Waals surface area contributed by atoms with Gasteiger partial charge in [0.2, 0.25) is 0 Å². The van der Waals surface area contributed by atoms with Crippen LogP contribution in [0, 0.1) is 5.41 Å². The normalized spacial score (nSPS) is 12.1. The summed E-state index contributed by atoms with van der Waals surface area (Å²) in [4.78, 5) is 6.55. The Morgan fingerprint density at radius 2 is 1.95 bits per heavy atom. The van der Waals surface area contributed by atoms with E-state index in [0.29, 0.717) is 0 Å². The lowest BCUT2D eigenvalue weighted by Crippen LogP contribution is -2.26. The highest BCUT2D eigenvalue weighted by molar-refractivity contribution is 5.02. The van der Waals surface area contributed by atoms with Gasteiger partial charge in [0.15, 0.2) is 0 Å². The fourth-order valence-corrected chi connectivity index (χ4v) is 1.99. The maximum atomic E-state index is 9.21. The van der Waals surface area contributed by atoms with Crippen LogP contribution < -0.4 is 0 Å². The van der Waals surface area contributed by atoms with Crippen molar-refractivity contribution in [2.75, 3.05) is 26.8 Å². The average molecular weight is 266 g/mol. The number of aromatic nitrogens is 1. The molecule has 4 nitrogen and oxygen atoms in total. The zero-order valence-corrected chi connectivity index (χ0v) is 12.0. The summed E-state index contributed by atoms with van der Waals surface area (Å²) in [5.74, 6) is 0. The van der Waals surface area contributed by atoms with Gasteiger partial charge in [-0.2, -0.15) is 0 Å². The van der Waals surface area contributed by atoms with E-state index in [1.165, 1.54) is 0 Å². The largest absolute Gasteiger partial charge is 0.396 e. The number of aliphatic hydroxyl groups is 2. The molecule has 0 aliphatic heterocycles. The molecular weight excluding hydrogens is 240 g/mol. The monoisotopic (exact) mass is 266 g/mol. The number of rotatable bonds is 9. The smallest absolute Gasteiger partial charge is 0.0543 e. The van der Waals surface area contributed by atoms with Crippen LogP contribution in [-0.4, -0.2) is 46.9 Å². The highest BCUT2D eigenvalue weighted by Crippen LogP contribution is 2.22. The maximum absolute atomic E-state index is 9.21. The maximum Gasteiger partial charge on any atom is 0.0543 e. The molecule has 0 unspecified atom stereocenters. The van der Waals surface area contributed by atoms with E-state index >= 15 is 0 Å². The van der Waals surface area contributed by atoms with E-state index in [-0.39, 0.29) is 18.6 Å². The molecule has 0 atom stereocenters. The molecule has 1 aromatic rings. The van der Waals surface area contributed by atoms with Crippen molar-refractivity contribution in [1.82, 2.24) is 9.88 Å². The third kappa shape index (κ3) is 6.14. The molecule has 1 aromatic heterocycles. The molecule has 0 aliphatic carbocycles. The molecule has 108 valence electrons. The average Bonchev–Trinajstić information content (AvgIpc) is 2.44. The second-order valence-corrected chi connectivity index (χ2v) is 5.64. The van der Waals surface area contributed by atoms with Gasteiger partial charge in [-0.3, -0.25) is 4.98 Å². The van der Waals surface area contributed by atoms with Crippen LogP contribution >= 0.6 is 0 Å². The first-order chi connectivity index (χ1) is 9.09. The lowest BCUT2D eigenvalue weighted by molar-refractivity contribution is 0.0600. The molecule has 0 amide bonds. The molecule has 4 heteroatoms. The molecule has 2 N–H and O–H groups in total. The zero-order valence-electron chi connectivity index (χ0n) is 12.0. The predicted octanol–water partition coefficient (Wildman–Crippen LogP) is 1.67. The molecule has 0 bridgehead atoms. The number of pyridine rings is 1. The molecule has 0 spiro atoms. The number of hydrogen-bond donors (Lipinski definition) is 2. The fraction of sp³-hybridized carbons (Fsp3) is 0.667. The molecule has 0 radical (unpaired) electrons. The minimum absolute atomic E-state index is 0.0489. The van der Waals surface area contributed by atoms with E-state index in [1.807, 2.05) is 31.3 Å². The number of unbranched alkanes of at least 4 members (excludes halogenated alkanes) is 1. The number of nitrogens with zero attached hydrogens (tertiary/aromatic N) is 2. The molecule has 0 aliphatic rings. The molecule has 0 aromatic carbocycles.